The third kappa shape index (κ3) is 4.19. The first-order valence-corrected chi connectivity index (χ1v) is 8.01. The molecule has 0 atom stereocenters. The zero-order chi connectivity index (χ0) is 17.6. The van der Waals surface area contributed by atoms with Gasteiger partial charge >= 0.3 is 0 Å². The van der Waals surface area contributed by atoms with Crippen LogP contribution < -0.4 is 10.6 Å². The molecule has 0 radical (unpaired) electrons. The number of hydrogen-bond donors (Lipinski definition) is 2. The van der Waals surface area contributed by atoms with Gasteiger partial charge in [0.2, 0.25) is 0 Å². The molecule has 0 aliphatic heterocycles. The molecule has 124 valence electrons. The van der Waals surface area contributed by atoms with Crippen LogP contribution in [0.15, 0.2) is 78.9 Å². The summed E-state index contributed by atoms with van der Waals surface area (Å²) in [6, 6.07) is 23.6. The van der Waals surface area contributed by atoms with Crippen LogP contribution in [0.5, 0.6) is 0 Å². The molecule has 0 heterocycles. The molecule has 3 aromatic rings. The lowest BCUT2D eigenvalue weighted by atomic mass is 10.0. The Morgan fingerprint density at radius 2 is 1.36 bits per heavy atom. The van der Waals surface area contributed by atoms with E-state index >= 15 is 0 Å². The maximum Gasteiger partial charge on any atom is 0.277 e. The number of nitrogens with one attached hydrogen (secondary N) is 2. The first-order valence-electron chi connectivity index (χ1n) is 7.60. The first kappa shape index (κ1) is 16.6. The van der Waals surface area contributed by atoms with Gasteiger partial charge < -0.3 is 10.6 Å². The Kier molecular flexibility index (Phi) is 5.01. The molecule has 0 amide bonds. The standard InChI is InChI=1S/C19H15N3O2S/c23-22(24)18-9-5-4-8-17(18)14-10-12-16(13-11-14)21-19(25)20-15-6-2-1-3-7-15/h1-13H,(H2,20,21,25). The predicted octanol–water partition coefficient (Wildman–Crippen LogP) is 5.07. The van der Waals surface area contributed by atoms with Crippen LogP contribution in [0.3, 0.4) is 0 Å². The fraction of sp³-hybridized carbons (Fsp3) is 0. The van der Waals surface area contributed by atoms with Crippen molar-refractivity contribution in [3.8, 4) is 11.1 Å². The first-order chi connectivity index (χ1) is 12.1. The van der Waals surface area contributed by atoms with E-state index in [2.05, 4.69) is 10.6 Å². The fourth-order valence-electron chi connectivity index (χ4n) is 2.43. The van der Waals surface area contributed by atoms with Gasteiger partial charge in [-0.3, -0.25) is 10.1 Å². The average molecular weight is 349 g/mol. The SMILES string of the molecule is O=[N+]([O-])c1ccccc1-c1ccc(NC(=S)Nc2ccccc2)cc1. The zero-order valence-corrected chi connectivity index (χ0v) is 14.0. The minimum atomic E-state index is -0.375. The molecule has 3 aromatic carbocycles. The molecule has 25 heavy (non-hydrogen) atoms. The number of nitro benzene ring substituents is 1. The smallest absolute Gasteiger partial charge is 0.277 e. The highest BCUT2D eigenvalue weighted by molar-refractivity contribution is 7.80. The molecule has 0 aliphatic rings. The minimum Gasteiger partial charge on any atom is -0.332 e. The van der Waals surface area contributed by atoms with Crippen molar-refractivity contribution in [1.82, 2.24) is 0 Å². The molecule has 0 saturated heterocycles. The van der Waals surface area contributed by atoms with Crippen molar-refractivity contribution in [2.24, 2.45) is 0 Å². The second-order valence-corrected chi connectivity index (χ2v) is 5.71. The van der Waals surface area contributed by atoms with Gasteiger partial charge in [-0.2, -0.15) is 0 Å². The Morgan fingerprint density at radius 1 is 0.800 bits per heavy atom. The summed E-state index contributed by atoms with van der Waals surface area (Å²) in [6.45, 7) is 0. The molecule has 0 unspecified atom stereocenters. The number of para-hydroxylation sites is 2. The van der Waals surface area contributed by atoms with Crippen LogP contribution in [0.2, 0.25) is 0 Å². The van der Waals surface area contributed by atoms with E-state index in [4.69, 9.17) is 12.2 Å². The molecular weight excluding hydrogens is 334 g/mol. The summed E-state index contributed by atoms with van der Waals surface area (Å²) >= 11 is 5.29. The minimum absolute atomic E-state index is 0.0875. The van der Waals surface area contributed by atoms with Gasteiger partial charge in [0.05, 0.1) is 10.5 Å². The molecule has 0 spiro atoms. The van der Waals surface area contributed by atoms with Gasteiger partial charge in [0.1, 0.15) is 0 Å². The molecule has 3 rings (SSSR count). The van der Waals surface area contributed by atoms with Crippen LogP contribution in [0.4, 0.5) is 17.1 Å². The summed E-state index contributed by atoms with van der Waals surface area (Å²) in [5.74, 6) is 0. The normalized spacial score (nSPS) is 10.1. The topological polar surface area (TPSA) is 67.2 Å². The number of benzene rings is 3. The predicted molar refractivity (Wildman–Crippen MR) is 105 cm³/mol. The molecule has 0 aliphatic carbocycles. The second-order valence-electron chi connectivity index (χ2n) is 5.30. The van der Waals surface area contributed by atoms with Crippen LogP contribution in [0.1, 0.15) is 0 Å². The van der Waals surface area contributed by atoms with Gasteiger partial charge in [0, 0.05) is 17.4 Å². The van der Waals surface area contributed by atoms with Gasteiger partial charge in [-0.05, 0) is 48.1 Å². The number of thiocarbonyl (C=S) groups is 1. The third-order valence-electron chi connectivity index (χ3n) is 3.59. The number of anilines is 2. The molecule has 0 aromatic heterocycles. The summed E-state index contributed by atoms with van der Waals surface area (Å²) in [5.41, 5.74) is 3.15. The van der Waals surface area contributed by atoms with Gasteiger partial charge in [-0.15, -0.1) is 0 Å². The van der Waals surface area contributed by atoms with Crippen LogP contribution in [0.25, 0.3) is 11.1 Å². The van der Waals surface area contributed by atoms with Crippen molar-refractivity contribution in [1.29, 1.82) is 0 Å². The number of nitrogens with zero attached hydrogens (tertiary/aromatic N) is 1. The van der Waals surface area contributed by atoms with Crippen molar-refractivity contribution in [3.63, 3.8) is 0 Å². The maximum absolute atomic E-state index is 11.1. The molecule has 0 saturated carbocycles. The number of rotatable bonds is 4. The highest BCUT2D eigenvalue weighted by Crippen LogP contribution is 2.30. The van der Waals surface area contributed by atoms with E-state index in [0.717, 1.165) is 16.9 Å². The van der Waals surface area contributed by atoms with Crippen molar-refractivity contribution >= 4 is 34.4 Å². The van der Waals surface area contributed by atoms with Crippen LogP contribution >= 0.6 is 12.2 Å². The molecule has 2 N–H and O–H groups in total. The summed E-state index contributed by atoms with van der Waals surface area (Å²) in [5, 5.41) is 17.8. The monoisotopic (exact) mass is 349 g/mol. The lowest BCUT2D eigenvalue weighted by Gasteiger charge is -2.11. The lowest BCUT2D eigenvalue weighted by molar-refractivity contribution is -0.384. The van der Waals surface area contributed by atoms with Gasteiger partial charge in [-0.1, -0.05) is 42.5 Å². The zero-order valence-electron chi connectivity index (χ0n) is 13.2. The Labute approximate surface area is 150 Å². The number of nitro groups is 1. The molecule has 0 fully saturated rings. The fourth-order valence-corrected chi connectivity index (χ4v) is 2.66. The Balaban J connectivity index is 1.73. The van der Waals surface area contributed by atoms with Crippen molar-refractivity contribution in [3.05, 3.63) is 89.0 Å². The van der Waals surface area contributed by atoms with E-state index in [1.165, 1.54) is 6.07 Å². The van der Waals surface area contributed by atoms with Gasteiger partial charge in [-0.25, -0.2) is 0 Å². The van der Waals surface area contributed by atoms with Crippen molar-refractivity contribution < 1.29 is 4.92 Å². The van der Waals surface area contributed by atoms with E-state index in [1.807, 2.05) is 54.6 Å². The van der Waals surface area contributed by atoms with E-state index in [1.54, 1.807) is 18.2 Å². The maximum atomic E-state index is 11.1. The van der Waals surface area contributed by atoms with Crippen LogP contribution in [-0.2, 0) is 0 Å². The van der Waals surface area contributed by atoms with Crippen molar-refractivity contribution in [2.75, 3.05) is 10.6 Å². The van der Waals surface area contributed by atoms with Crippen molar-refractivity contribution in [2.45, 2.75) is 0 Å². The largest absolute Gasteiger partial charge is 0.332 e. The Hall–Kier alpha value is -3.25. The van der Waals surface area contributed by atoms with E-state index in [0.29, 0.717) is 10.7 Å². The lowest BCUT2D eigenvalue weighted by Crippen LogP contribution is -2.18. The molecule has 5 nitrogen and oxygen atoms in total. The highest BCUT2D eigenvalue weighted by Gasteiger charge is 2.13. The molecular formula is C19H15N3O2S. The quantitative estimate of drug-likeness (QED) is 0.391. The second kappa shape index (κ2) is 7.55. The van der Waals surface area contributed by atoms with E-state index in [9.17, 15) is 10.1 Å². The van der Waals surface area contributed by atoms with E-state index < -0.39 is 0 Å². The molecule has 6 heteroatoms. The van der Waals surface area contributed by atoms with Gasteiger partial charge in [0.25, 0.3) is 5.69 Å². The summed E-state index contributed by atoms with van der Waals surface area (Å²) in [6.07, 6.45) is 0. The summed E-state index contributed by atoms with van der Waals surface area (Å²) in [4.78, 5) is 10.8. The van der Waals surface area contributed by atoms with E-state index in [-0.39, 0.29) is 10.6 Å². The summed E-state index contributed by atoms with van der Waals surface area (Å²) < 4.78 is 0. The highest BCUT2D eigenvalue weighted by atomic mass is 32.1. The Bertz CT molecular complexity index is 896. The van der Waals surface area contributed by atoms with Gasteiger partial charge in [0.15, 0.2) is 5.11 Å². The number of hydrogen-bond acceptors (Lipinski definition) is 3. The molecule has 0 bridgehead atoms. The van der Waals surface area contributed by atoms with Crippen LogP contribution in [0, 0.1) is 10.1 Å². The summed E-state index contributed by atoms with van der Waals surface area (Å²) in [7, 11) is 0. The average Bonchev–Trinajstić information content (AvgIpc) is 2.63. The Morgan fingerprint density at radius 3 is 2.00 bits per heavy atom. The third-order valence-corrected chi connectivity index (χ3v) is 3.79. The van der Waals surface area contributed by atoms with Crippen LogP contribution in [-0.4, -0.2) is 10.0 Å².